The van der Waals surface area contributed by atoms with E-state index in [4.69, 9.17) is 17.2 Å². The summed E-state index contributed by atoms with van der Waals surface area (Å²) in [5.41, 5.74) is 16.5. The van der Waals surface area contributed by atoms with Gasteiger partial charge >= 0.3 is 0 Å². The van der Waals surface area contributed by atoms with Crippen LogP contribution in [0.1, 0.15) is 64.2 Å². The monoisotopic (exact) mass is 227 g/mol. The van der Waals surface area contributed by atoms with Crippen molar-refractivity contribution in [2.24, 2.45) is 17.2 Å². The maximum Gasteiger partial charge on any atom is 0.115 e. The molecule has 0 saturated carbocycles. The van der Waals surface area contributed by atoms with E-state index in [0.29, 0.717) is 6.42 Å². The Morgan fingerprint density at radius 2 is 1.19 bits per heavy atom. The fourth-order valence-electron chi connectivity index (χ4n) is 1.78. The zero-order chi connectivity index (χ0) is 12.3. The number of hydrogen-bond acceptors (Lipinski definition) is 3. The number of rotatable bonds is 11. The van der Waals surface area contributed by atoms with Gasteiger partial charge in [-0.25, -0.2) is 0 Å². The van der Waals surface area contributed by atoms with E-state index in [1.165, 1.54) is 44.9 Å². The predicted molar refractivity (Wildman–Crippen MR) is 71.7 cm³/mol. The van der Waals surface area contributed by atoms with E-state index in [2.05, 4.69) is 6.58 Å². The number of nitrogens with two attached hydrogens (primary N) is 3. The Bertz CT molecular complexity index is 161. The van der Waals surface area contributed by atoms with Gasteiger partial charge in [-0.05, 0) is 25.7 Å². The minimum atomic E-state index is -0.968. The fraction of sp³-hybridized carbons (Fsp3) is 0.846. The molecule has 0 unspecified atom stereocenters. The van der Waals surface area contributed by atoms with Gasteiger partial charge in [0.1, 0.15) is 5.79 Å². The molecule has 0 fully saturated rings. The molecule has 0 amide bonds. The summed E-state index contributed by atoms with van der Waals surface area (Å²) in [5.74, 6) is -0.968. The van der Waals surface area contributed by atoms with E-state index in [-0.39, 0.29) is 0 Å². The van der Waals surface area contributed by atoms with Gasteiger partial charge in [-0.2, -0.15) is 0 Å². The average molecular weight is 227 g/mol. The molecule has 3 heteroatoms. The van der Waals surface area contributed by atoms with Crippen LogP contribution in [0.15, 0.2) is 12.7 Å². The van der Waals surface area contributed by atoms with Crippen molar-refractivity contribution < 1.29 is 0 Å². The molecule has 0 saturated heterocycles. The highest BCUT2D eigenvalue weighted by Crippen LogP contribution is 2.11. The Balaban J connectivity index is 3.01. The molecule has 0 aromatic carbocycles. The molecule has 0 radical (unpaired) electrons. The highest BCUT2D eigenvalue weighted by Gasteiger charge is 2.09. The zero-order valence-electron chi connectivity index (χ0n) is 10.6. The fourth-order valence-corrected chi connectivity index (χ4v) is 1.78. The first kappa shape index (κ1) is 15.6. The molecule has 0 atom stereocenters. The molecule has 6 N–H and O–H groups in total. The largest absolute Gasteiger partial charge is 0.301 e. The van der Waals surface area contributed by atoms with Crippen LogP contribution in [0.3, 0.4) is 0 Å². The lowest BCUT2D eigenvalue weighted by molar-refractivity contribution is 0.399. The van der Waals surface area contributed by atoms with Crippen molar-refractivity contribution in [3.05, 3.63) is 12.7 Å². The Labute approximate surface area is 100 Å². The van der Waals surface area contributed by atoms with Crippen molar-refractivity contribution in [2.75, 3.05) is 0 Å². The van der Waals surface area contributed by atoms with E-state index < -0.39 is 5.79 Å². The van der Waals surface area contributed by atoms with E-state index in [1.54, 1.807) is 0 Å². The molecule has 0 aliphatic heterocycles. The predicted octanol–water partition coefficient (Wildman–Crippen LogP) is 2.60. The van der Waals surface area contributed by atoms with Gasteiger partial charge in [-0.1, -0.05) is 44.6 Å². The molecule has 0 spiro atoms. The first-order valence-electron chi connectivity index (χ1n) is 6.54. The summed E-state index contributed by atoms with van der Waals surface area (Å²) in [6.45, 7) is 3.72. The van der Waals surface area contributed by atoms with Crippen LogP contribution in [-0.2, 0) is 0 Å². The van der Waals surface area contributed by atoms with Crippen LogP contribution >= 0.6 is 0 Å². The molecular formula is C13H29N3. The second-order valence-corrected chi connectivity index (χ2v) is 4.77. The third-order valence-electron chi connectivity index (χ3n) is 2.77. The minimum Gasteiger partial charge on any atom is -0.301 e. The molecule has 0 heterocycles. The molecule has 0 aliphatic rings. The zero-order valence-corrected chi connectivity index (χ0v) is 10.6. The summed E-state index contributed by atoms with van der Waals surface area (Å²) in [6.07, 6.45) is 14.0. The van der Waals surface area contributed by atoms with Gasteiger partial charge < -0.3 is 17.2 Å². The normalized spacial score (nSPS) is 11.7. The quantitative estimate of drug-likeness (QED) is 0.288. The highest BCUT2D eigenvalue weighted by atomic mass is 15.1. The lowest BCUT2D eigenvalue weighted by atomic mass is 10.1. The summed E-state index contributed by atoms with van der Waals surface area (Å²) < 4.78 is 0. The van der Waals surface area contributed by atoms with Crippen LogP contribution in [0.25, 0.3) is 0 Å². The lowest BCUT2D eigenvalue weighted by Crippen LogP contribution is -2.57. The van der Waals surface area contributed by atoms with E-state index in [0.717, 1.165) is 12.8 Å². The summed E-state index contributed by atoms with van der Waals surface area (Å²) in [6, 6.07) is 0. The standard InChI is InChI=1S/C13H29N3/c1-2-3-4-5-6-7-8-9-10-11-12-13(14,15)16/h2H,1,3-12,14-16H2. The van der Waals surface area contributed by atoms with Crippen LogP contribution < -0.4 is 17.2 Å². The Kier molecular flexibility index (Phi) is 9.59. The van der Waals surface area contributed by atoms with Crippen molar-refractivity contribution in [1.29, 1.82) is 0 Å². The first-order valence-corrected chi connectivity index (χ1v) is 6.54. The topological polar surface area (TPSA) is 78.1 Å². The Morgan fingerprint density at radius 3 is 1.62 bits per heavy atom. The second kappa shape index (κ2) is 9.82. The third-order valence-corrected chi connectivity index (χ3v) is 2.77. The molecular weight excluding hydrogens is 198 g/mol. The van der Waals surface area contributed by atoms with Crippen molar-refractivity contribution in [3.8, 4) is 0 Å². The Morgan fingerprint density at radius 1 is 0.750 bits per heavy atom. The van der Waals surface area contributed by atoms with E-state index >= 15 is 0 Å². The first-order chi connectivity index (χ1) is 7.56. The number of unbranched alkanes of at least 4 members (excludes halogenated alkanes) is 8. The Hall–Kier alpha value is -0.380. The summed E-state index contributed by atoms with van der Waals surface area (Å²) in [4.78, 5) is 0. The lowest BCUT2D eigenvalue weighted by Gasteiger charge is -2.17. The van der Waals surface area contributed by atoms with Crippen molar-refractivity contribution in [2.45, 2.75) is 70.0 Å². The van der Waals surface area contributed by atoms with Crippen LogP contribution in [0.2, 0.25) is 0 Å². The summed E-state index contributed by atoms with van der Waals surface area (Å²) in [5, 5.41) is 0. The molecule has 16 heavy (non-hydrogen) atoms. The van der Waals surface area contributed by atoms with E-state index in [1.807, 2.05) is 6.08 Å². The maximum atomic E-state index is 5.49. The van der Waals surface area contributed by atoms with Gasteiger partial charge in [-0.3, -0.25) is 0 Å². The van der Waals surface area contributed by atoms with Crippen LogP contribution in [-0.4, -0.2) is 5.79 Å². The SMILES string of the molecule is C=CCCCCCCCCCCC(N)(N)N. The van der Waals surface area contributed by atoms with Crippen LogP contribution in [0, 0.1) is 0 Å². The molecule has 3 nitrogen and oxygen atoms in total. The third kappa shape index (κ3) is 13.6. The van der Waals surface area contributed by atoms with Gasteiger partial charge in [0.05, 0.1) is 0 Å². The molecule has 0 rings (SSSR count). The van der Waals surface area contributed by atoms with Crippen LogP contribution in [0.4, 0.5) is 0 Å². The van der Waals surface area contributed by atoms with Crippen molar-refractivity contribution in [3.63, 3.8) is 0 Å². The molecule has 96 valence electrons. The molecule has 0 bridgehead atoms. The molecule has 0 aromatic rings. The molecule has 0 aromatic heterocycles. The van der Waals surface area contributed by atoms with Crippen LogP contribution in [0.5, 0.6) is 0 Å². The highest BCUT2D eigenvalue weighted by molar-refractivity contribution is 4.67. The van der Waals surface area contributed by atoms with Crippen molar-refractivity contribution in [1.82, 2.24) is 0 Å². The van der Waals surface area contributed by atoms with E-state index in [9.17, 15) is 0 Å². The molecule has 0 aliphatic carbocycles. The van der Waals surface area contributed by atoms with Gasteiger partial charge in [0.25, 0.3) is 0 Å². The summed E-state index contributed by atoms with van der Waals surface area (Å²) >= 11 is 0. The minimum absolute atomic E-state index is 0.715. The number of allylic oxidation sites excluding steroid dienone is 1. The number of hydrogen-bond donors (Lipinski definition) is 3. The van der Waals surface area contributed by atoms with Gasteiger partial charge in [-0.15, -0.1) is 6.58 Å². The maximum absolute atomic E-state index is 5.49. The summed E-state index contributed by atoms with van der Waals surface area (Å²) in [7, 11) is 0. The van der Waals surface area contributed by atoms with Crippen molar-refractivity contribution >= 4 is 0 Å². The average Bonchev–Trinajstić information content (AvgIpc) is 2.19. The van der Waals surface area contributed by atoms with Gasteiger partial charge in [0.2, 0.25) is 0 Å². The van der Waals surface area contributed by atoms with Gasteiger partial charge in [0, 0.05) is 0 Å². The second-order valence-electron chi connectivity index (χ2n) is 4.77. The smallest absolute Gasteiger partial charge is 0.115 e. The van der Waals surface area contributed by atoms with Gasteiger partial charge in [0.15, 0.2) is 0 Å².